The van der Waals surface area contributed by atoms with Gasteiger partial charge in [-0.2, -0.15) is 11.8 Å². The summed E-state index contributed by atoms with van der Waals surface area (Å²) in [5, 5.41) is 3.02. The Morgan fingerprint density at radius 1 is 1.38 bits per heavy atom. The lowest BCUT2D eigenvalue weighted by Gasteiger charge is -2.14. The lowest BCUT2D eigenvalue weighted by atomic mass is 9.93. The van der Waals surface area contributed by atoms with Crippen LogP contribution in [0.5, 0.6) is 0 Å². The molecule has 1 aliphatic heterocycles. The highest BCUT2D eigenvalue weighted by atomic mass is 32.2. The van der Waals surface area contributed by atoms with Gasteiger partial charge in [0, 0.05) is 21.4 Å². The summed E-state index contributed by atoms with van der Waals surface area (Å²) in [5.74, 6) is 2.46. The first-order chi connectivity index (χ1) is 9.93. The average molecular weight is 338 g/mol. The Hall–Kier alpha value is -0.650. The van der Waals surface area contributed by atoms with E-state index < -0.39 is 0 Å². The van der Waals surface area contributed by atoms with Gasteiger partial charge in [0.15, 0.2) is 5.78 Å². The van der Waals surface area contributed by atoms with Crippen LogP contribution in [0.3, 0.4) is 0 Å². The highest BCUT2D eigenvalue weighted by molar-refractivity contribution is 7.98. The van der Waals surface area contributed by atoms with E-state index in [0.29, 0.717) is 6.42 Å². The van der Waals surface area contributed by atoms with E-state index in [0.717, 1.165) is 27.8 Å². The first-order valence-electron chi connectivity index (χ1n) is 7.11. The van der Waals surface area contributed by atoms with Crippen LogP contribution in [-0.2, 0) is 24.0 Å². The van der Waals surface area contributed by atoms with Crippen molar-refractivity contribution in [1.82, 2.24) is 4.98 Å². The number of Topliss-reactive ketones (excluding diaryl/α,β-unsaturated/α-hetero) is 1. The van der Waals surface area contributed by atoms with E-state index in [9.17, 15) is 4.79 Å². The lowest BCUT2D eigenvalue weighted by Crippen LogP contribution is -2.12. The van der Waals surface area contributed by atoms with Gasteiger partial charge in [-0.15, -0.1) is 22.7 Å². The molecule has 3 rings (SSSR count). The van der Waals surface area contributed by atoms with Crippen molar-refractivity contribution in [3.05, 3.63) is 37.5 Å². The zero-order chi connectivity index (χ0) is 15.0. The molecule has 0 fully saturated rings. The van der Waals surface area contributed by atoms with Gasteiger partial charge in [-0.1, -0.05) is 20.8 Å². The molecule has 0 saturated carbocycles. The van der Waals surface area contributed by atoms with Crippen molar-refractivity contribution in [2.45, 2.75) is 44.8 Å². The monoisotopic (exact) mass is 337 g/mol. The normalized spacial score (nSPS) is 15.0. The van der Waals surface area contributed by atoms with Gasteiger partial charge in [0.05, 0.1) is 17.0 Å². The quantitative estimate of drug-likeness (QED) is 0.759. The molecule has 21 heavy (non-hydrogen) atoms. The number of ketones is 1. The van der Waals surface area contributed by atoms with Crippen LogP contribution in [0.1, 0.15) is 51.6 Å². The maximum absolute atomic E-state index is 12.5. The Morgan fingerprint density at radius 3 is 2.86 bits per heavy atom. The molecule has 0 atom stereocenters. The number of aryl methyl sites for hydroxylation is 1. The minimum Gasteiger partial charge on any atom is -0.293 e. The summed E-state index contributed by atoms with van der Waals surface area (Å²) in [5.41, 5.74) is 2.50. The van der Waals surface area contributed by atoms with Gasteiger partial charge in [0.25, 0.3) is 0 Å². The van der Waals surface area contributed by atoms with Crippen LogP contribution < -0.4 is 0 Å². The molecule has 0 amide bonds. The van der Waals surface area contributed by atoms with Gasteiger partial charge < -0.3 is 0 Å². The van der Waals surface area contributed by atoms with Crippen molar-refractivity contribution >= 4 is 40.2 Å². The number of rotatable bonds is 3. The summed E-state index contributed by atoms with van der Waals surface area (Å²) in [6, 6.07) is 2.10. The third kappa shape index (κ3) is 3.41. The predicted molar refractivity (Wildman–Crippen MR) is 93.0 cm³/mol. The molecule has 3 heterocycles. The number of fused-ring (bicyclic) bond motifs is 1. The van der Waals surface area contributed by atoms with Crippen LogP contribution in [0, 0.1) is 0 Å². The molecule has 2 nitrogen and oxygen atoms in total. The van der Waals surface area contributed by atoms with Crippen molar-refractivity contribution < 1.29 is 4.79 Å². The number of aromatic nitrogens is 1. The molecule has 0 radical (unpaired) electrons. The molecule has 0 saturated heterocycles. The zero-order valence-corrected chi connectivity index (χ0v) is 15.0. The molecule has 112 valence electrons. The third-order valence-electron chi connectivity index (χ3n) is 3.53. The van der Waals surface area contributed by atoms with Crippen LogP contribution in [0.4, 0.5) is 0 Å². The minimum absolute atomic E-state index is 0.0526. The number of hydrogen-bond donors (Lipinski definition) is 0. The van der Waals surface area contributed by atoms with E-state index in [1.807, 2.05) is 11.8 Å². The summed E-state index contributed by atoms with van der Waals surface area (Å²) in [7, 11) is 0. The van der Waals surface area contributed by atoms with Crippen molar-refractivity contribution in [3.8, 4) is 0 Å². The molecular formula is C16H19NOS3. The summed E-state index contributed by atoms with van der Waals surface area (Å²) < 4.78 is 0. The SMILES string of the molecule is CC(C)(C)c1csc(CC(=O)c2cc3c(s2)CCSC3)n1. The van der Waals surface area contributed by atoms with Crippen molar-refractivity contribution in [1.29, 1.82) is 0 Å². The van der Waals surface area contributed by atoms with Crippen LogP contribution in [-0.4, -0.2) is 16.5 Å². The second-order valence-corrected chi connectivity index (χ2v) is 9.52. The number of hydrogen-bond acceptors (Lipinski definition) is 5. The van der Waals surface area contributed by atoms with E-state index in [4.69, 9.17) is 0 Å². The average Bonchev–Trinajstić information content (AvgIpc) is 3.03. The smallest absolute Gasteiger partial charge is 0.179 e. The fourth-order valence-electron chi connectivity index (χ4n) is 2.25. The maximum Gasteiger partial charge on any atom is 0.179 e. The molecule has 0 aromatic carbocycles. The zero-order valence-electron chi connectivity index (χ0n) is 12.6. The van der Waals surface area contributed by atoms with Gasteiger partial charge in [0.2, 0.25) is 0 Å². The van der Waals surface area contributed by atoms with Crippen molar-refractivity contribution in [2.24, 2.45) is 0 Å². The van der Waals surface area contributed by atoms with Crippen LogP contribution in [0.15, 0.2) is 11.4 Å². The van der Waals surface area contributed by atoms with Gasteiger partial charge in [0.1, 0.15) is 5.01 Å². The van der Waals surface area contributed by atoms with E-state index in [1.165, 1.54) is 16.2 Å². The fourth-order valence-corrected chi connectivity index (χ4v) is 5.57. The highest BCUT2D eigenvalue weighted by Crippen LogP contribution is 2.32. The number of thioether (sulfide) groups is 1. The third-order valence-corrected chi connectivity index (χ3v) is 6.67. The molecule has 0 spiro atoms. The van der Waals surface area contributed by atoms with Crippen molar-refractivity contribution in [2.75, 3.05) is 5.75 Å². The van der Waals surface area contributed by atoms with Crippen LogP contribution >= 0.6 is 34.4 Å². The second kappa shape index (κ2) is 5.86. The summed E-state index contributed by atoms with van der Waals surface area (Å²) in [4.78, 5) is 19.4. The molecule has 5 heteroatoms. The molecule has 0 unspecified atom stereocenters. The Balaban J connectivity index is 1.74. The van der Waals surface area contributed by atoms with E-state index in [-0.39, 0.29) is 11.2 Å². The molecule has 1 aliphatic rings. The van der Waals surface area contributed by atoms with Gasteiger partial charge in [-0.3, -0.25) is 4.79 Å². The Labute approximate surface area is 138 Å². The van der Waals surface area contributed by atoms with Gasteiger partial charge >= 0.3 is 0 Å². The number of nitrogens with zero attached hydrogens (tertiary/aromatic N) is 1. The number of carbonyl (C=O) groups is 1. The Kier molecular flexibility index (Phi) is 4.26. The molecule has 0 N–H and O–H groups in total. The maximum atomic E-state index is 12.5. The standard InChI is InChI=1S/C16H19NOS3/c1-16(2,3)14-9-20-15(17-14)7-11(18)13-6-10-8-19-5-4-12(10)21-13/h6,9H,4-5,7-8H2,1-3H3. The van der Waals surface area contributed by atoms with Gasteiger partial charge in [-0.25, -0.2) is 4.98 Å². The Morgan fingerprint density at radius 2 is 2.19 bits per heavy atom. The Bertz CT molecular complexity index is 640. The van der Waals surface area contributed by atoms with Gasteiger partial charge in [-0.05, 0) is 23.8 Å². The largest absolute Gasteiger partial charge is 0.293 e. The van der Waals surface area contributed by atoms with E-state index in [1.54, 1.807) is 22.7 Å². The predicted octanol–water partition coefficient (Wildman–Crippen LogP) is 4.72. The summed E-state index contributed by atoms with van der Waals surface area (Å²) >= 11 is 5.25. The molecule has 2 aromatic rings. The highest BCUT2D eigenvalue weighted by Gasteiger charge is 2.21. The summed E-state index contributed by atoms with van der Waals surface area (Å²) in [6.45, 7) is 6.45. The number of thiazole rings is 1. The molecular weight excluding hydrogens is 318 g/mol. The first-order valence-corrected chi connectivity index (χ1v) is 9.96. The van der Waals surface area contributed by atoms with Crippen LogP contribution in [0.25, 0.3) is 0 Å². The molecule has 2 aromatic heterocycles. The van der Waals surface area contributed by atoms with E-state index in [2.05, 4.69) is 37.2 Å². The topological polar surface area (TPSA) is 30.0 Å². The first kappa shape index (κ1) is 15.3. The second-order valence-electron chi connectivity index (χ2n) is 6.34. The van der Waals surface area contributed by atoms with Crippen molar-refractivity contribution in [3.63, 3.8) is 0 Å². The number of thiophene rings is 1. The van der Waals surface area contributed by atoms with Crippen LogP contribution in [0.2, 0.25) is 0 Å². The fraction of sp³-hybridized carbons (Fsp3) is 0.500. The molecule has 0 aliphatic carbocycles. The minimum atomic E-state index is 0.0526. The van der Waals surface area contributed by atoms with E-state index >= 15 is 0 Å². The number of carbonyl (C=O) groups excluding carboxylic acids is 1. The summed E-state index contributed by atoms with van der Waals surface area (Å²) in [6.07, 6.45) is 1.55. The molecule has 0 bridgehead atoms. The lowest BCUT2D eigenvalue weighted by molar-refractivity contribution is 0.0996.